The molecule has 160 valence electrons. The Morgan fingerprint density at radius 2 is 1.93 bits per heavy atom. The molecule has 0 N–H and O–H groups in total. The van der Waals surface area contributed by atoms with Gasteiger partial charge < -0.3 is 9.15 Å². The number of hydrogen-bond donors (Lipinski definition) is 0. The van der Waals surface area contributed by atoms with Gasteiger partial charge in [-0.3, -0.25) is 4.90 Å². The van der Waals surface area contributed by atoms with Gasteiger partial charge in [0.05, 0.1) is 19.9 Å². The van der Waals surface area contributed by atoms with E-state index in [9.17, 15) is 8.42 Å². The standard InChI is InChI=1S/C21H31N3O4S/c1-16-7-8-17(27-5)18(13-16)29(25,26)24-10-6-9-23(11-12-24)15-20-22-14-19(28-20)21(2,3)4/h7-8,13-14H,6,9-12,15H2,1-5H3. The molecule has 1 aromatic carbocycles. The maximum Gasteiger partial charge on any atom is 0.246 e. The fourth-order valence-electron chi connectivity index (χ4n) is 3.39. The maximum atomic E-state index is 13.2. The largest absolute Gasteiger partial charge is 0.495 e. The molecule has 3 rings (SSSR count). The van der Waals surface area contributed by atoms with E-state index in [-0.39, 0.29) is 10.3 Å². The van der Waals surface area contributed by atoms with E-state index in [1.165, 1.54) is 7.11 Å². The molecule has 2 heterocycles. The molecule has 0 radical (unpaired) electrons. The van der Waals surface area contributed by atoms with Gasteiger partial charge in [-0.05, 0) is 37.6 Å². The minimum atomic E-state index is -3.62. The summed E-state index contributed by atoms with van der Waals surface area (Å²) < 4.78 is 39.2. The summed E-state index contributed by atoms with van der Waals surface area (Å²) in [7, 11) is -2.12. The van der Waals surface area contributed by atoms with Crippen molar-refractivity contribution in [1.29, 1.82) is 0 Å². The summed E-state index contributed by atoms with van der Waals surface area (Å²) in [5.41, 5.74) is 0.807. The van der Waals surface area contributed by atoms with E-state index in [2.05, 4.69) is 30.7 Å². The minimum Gasteiger partial charge on any atom is -0.495 e. The molecular weight excluding hydrogens is 390 g/mol. The highest BCUT2D eigenvalue weighted by Crippen LogP contribution is 2.29. The van der Waals surface area contributed by atoms with Crippen LogP contribution in [0.15, 0.2) is 33.7 Å². The highest BCUT2D eigenvalue weighted by Gasteiger charge is 2.30. The first-order valence-corrected chi connectivity index (χ1v) is 11.4. The van der Waals surface area contributed by atoms with Crippen LogP contribution in [0.3, 0.4) is 0 Å². The summed E-state index contributed by atoms with van der Waals surface area (Å²) >= 11 is 0. The van der Waals surface area contributed by atoms with Crippen molar-refractivity contribution in [3.8, 4) is 5.75 Å². The lowest BCUT2D eigenvalue weighted by Crippen LogP contribution is -2.35. The zero-order valence-corrected chi connectivity index (χ0v) is 18.8. The second kappa shape index (κ2) is 8.45. The van der Waals surface area contributed by atoms with Gasteiger partial charge in [0.15, 0.2) is 0 Å². The number of oxazole rings is 1. The molecule has 0 unspecified atom stereocenters. The van der Waals surface area contributed by atoms with Crippen LogP contribution < -0.4 is 4.74 Å². The van der Waals surface area contributed by atoms with Gasteiger partial charge >= 0.3 is 0 Å². The number of rotatable bonds is 5. The lowest BCUT2D eigenvalue weighted by Gasteiger charge is -2.22. The third kappa shape index (κ3) is 4.99. The van der Waals surface area contributed by atoms with E-state index in [1.807, 2.05) is 13.0 Å². The van der Waals surface area contributed by atoms with Crippen molar-refractivity contribution in [2.75, 3.05) is 33.3 Å². The minimum absolute atomic E-state index is 0.0816. The predicted octanol–water partition coefficient (Wildman–Crippen LogP) is 3.19. The van der Waals surface area contributed by atoms with Crippen LogP contribution in [-0.2, 0) is 22.0 Å². The topological polar surface area (TPSA) is 75.9 Å². The summed E-state index contributed by atoms with van der Waals surface area (Å²) in [5.74, 6) is 1.91. The van der Waals surface area contributed by atoms with Crippen LogP contribution in [0, 0.1) is 6.92 Å². The molecule has 1 aromatic heterocycles. The SMILES string of the molecule is COc1ccc(C)cc1S(=O)(=O)N1CCCN(Cc2ncc(C(C)(C)C)o2)CC1. The third-order valence-electron chi connectivity index (χ3n) is 5.14. The molecule has 0 spiro atoms. The summed E-state index contributed by atoms with van der Waals surface area (Å²) in [4.78, 5) is 6.83. The number of aromatic nitrogens is 1. The Hall–Kier alpha value is -1.90. The number of benzene rings is 1. The second-order valence-corrected chi connectivity index (χ2v) is 10.5. The van der Waals surface area contributed by atoms with E-state index < -0.39 is 10.0 Å². The normalized spacial score (nSPS) is 17.3. The molecule has 29 heavy (non-hydrogen) atoms. The van der Waals surface area contributed by atoms with Crippen LogP contribution >= 0.6 is 0 Å². The van der Waals surface area contributed by atoms with E-state index >= 15 is 0 Å². The van der Waals surface area contributed by atoms with Gasteiger partial charge in [-0.2, -0.15) is 4.31 Å². The molecule has 2 aromatic rings. The van der Waals surface area contributed by atoms with Crippen LogP contribution in [0.1, 0.15) is 44.4 Å². The molecule has 0 aliphatic carbocycles. The molecule has 1 fully saturated rings. The van der Waals surface area contributed by atoms with Gasteiger partial charge in [0.2, 0.25) is 15.9 Å². The van der Waals surface area contributed by atoms with Crippen LogP contribution in [0.4, 0.5) is 0 Å². The van der Waals surface area contributed by atoms with Crippen LogP contribution in [0.2, 0.25) is 0 Å². The van der Waals surface area contributed by atoms with Crippen molar-refractivity contribution < 1.29 is 17.6 Å². The Morgan fingerprint density at radius 1 is 1.17 bits per heavy atom. The Balaban J connectivity index is 1.71. The Kier molecular flexibility index (Phi) is 6.36. The molecular formula is C21H31N3O4S. The number of sulfonamides is 1. The van der Waals surface area contributed by atoms with Crippen molar-refractivity contribution in [1.82, 2.24) is 14.2 Å². The molecule has 7 nitrogen and oxygen atoms in total. The average molecular weight is 422 g/mol. The van der Waals surface area contributed by atoms with Gasteiger partial charge in [0, 0.05) is 25.0 Å². The number of nitrogens with zero attached hydrogens (tertiary/aromatic N) is 3. The van der Waals surface area contributed by atoms with Crippen LogP contribution in [-0.4, -0.2) is 55.9 Å². The van der Waals surface area contributed by atoms with Gasteiger partial charge in [-0.1, -0.05) is 26.8 Å². The van der Waals surface area contributed by atoms with Crippen molar-refractivity contribution in [2.24, 2.45) is 0 Å². The summed E-state index contributed by atoms with van der Waals surface area (Å²) in [6.07, 6.45) is 2.54. The molecule has 1 saturated heterocycles. The number of aryl methyl sites for hydroxylation is 1. The van der Waals surface area contributed by atoms with Gasteiger partial charge in [0.1, 0.15) is 16.4 Å². The average Bonchev–Trinajstić information content (AvgIpc) is 3.00. The number of hydrogen-bond acceptors (Lipinski definition) is 6. The molecule has 0 bridgehead atoms. The van der Waals surface area contributed by atoms with Gasteiger partial charge in [-0.15, -0.1) is 0 Å². The Morgan fingerprint density at radius 3 is 2.59 bits per heavy atom. The lowest BCUT2D eigenvalue weighted by molar-refractivity contribution is 0.242. The first kappa shape index (κ1) is 21.8. The predicted molar refractivity (Wildman–Crippen MR) is 112 cm³/mol. The number of methoxy groups -OCH3 is 1. The van der Waals surface area contributed by atoms with Crippen molar-refractivity contribution in [2.45, 2.75) is 51.0 Å². The summed E-state index contributed by atoms with van der Waals surface area (Å²) in [6, 6.07) is 5.24. The molecule has 0 saturated carbocycles. The quantitative estimate of drug-likeness (QED) is 0.738. The second-order valence-electron chi connectivity index (χ2n) is 8.56. The zero-order chi connectivity index (χ0) is 21.2. The van der Waals surface area contributed by atoms with Crippen LogP contribution in [0.25, 0.3) is 0 Å². The first-order chi connectivity index (χ1) is 13.6. The fourth-order valence-corrected chi connectivity index (χ4v) is 5.10. The van der Waals surface area contributed by atoms with E-state index in [1.54, 1.807) is 22.6 Å². The van der Waals surface area contributed by atoms with E-state index in [0.717, 1.165) is 24.3 Å². The smallest absolute Gasteiger partial charge is 0.246 e. The number of ether oxygens (including phenoxy) is 1. The highest BCUT2D eigenvalue weighted by atomic mass is 32.2. The third-order valence-corrected chi connectivity index (χ3v) is 7.06. The molecule has 1 aliphatic rings. The zero-order valence-electron chi connectivity index (χ0n) is 17.9. The fraction of sp³-hybridized carbons (Fsp3) is 0.571. The van der Waals surface area contributed by atoms with Crippen molar-refractivity contribution in [3.05, 3.63) is 41.6 Å². The summed E-state index contributed by atoms with van der Waals surface area (Å²) in [6.45, 7) is 11.1. The Labute approximate surface area is 173 Å². The summed E-state index contributed by atoms with van der Waals surface area (Å²) in [5, 5.41) is 0. The first-order valence-electron chi connectivity index (χ1n) is 9.93. The monoisotopic (exact) mass is 421 g/mol. The van der Waals surface area contributed by atoms with Crippen molar-refractivity contribution >= 4 is 10.0 Å². The van der Waals surface area contributed by atoms with E-state index in [4.69, 9.17) is 9.15 Å². The molecule has 0 amide bonds. The van der Waals surface area contributed by atoms with Crippen LogP contribution in [0.5, 0.6) is 5.75 Å². The maximum absolute atomic E-state index is 13.2. The molecule has 0 atom stereocenters. The molecule has 8 heteroatoms. The lowest BCUT2D eigenvalue weighted by atomic mass is 9.94. The van der Waals surface area contributed by atoms with Gasteiger partial charge in [0.25, 0.3) is 0 Å². The molecule has 1 aliphatic heterocycles. The Bertz CT molecular complexity index is 947. The van der Waals surface area contributed by atoms with E-state index in [0.29, 0.717) is 37.8 Å². The highest BCUT2D eigenvalue weighted by molar-refractivity contribution is 7.89. The van der Waals surface area contributed by atoms with Crippen molar-refractivity contribution in [3.63, 3.8) is 0 Å². The van der Waals surface area contributed by atoms with Gasteiger partial charge in [-0.25, -0.2) is 13.4 Å².